The van der Waals surface area contributed by atoms with E-state index in [1.54, 1.807) is 44.2 Å². The van der Waals surface area contributed by atoms with Gasteiger partial charge in [-0.05, 0) is 43.2 Å². The molecule has 226 valence electrons. The lowest BCUT2D eigenvalue weighted by molar-refractivity contribution is -0.384. The summed E-state index contributed by atoms with van der Waals surface area (Å²) in [6.07, 6.45) is 3.48. The third-order valence-corrected chi connectivity index (χ3v) is 6.80. The molecule has 0 aliphatic carbocycles. The number of carbonyl (C=O) groups is 3. The van der Waals surface area contributed by atoms with Gasteiger partial charge in [0.1, 0.15) is 19.0 Å². The van der Waals surface area contributed by atoms with Gasteiger partial charge in [-0.1, -0.05) is 60.7 Å². The summed E-state index contributed by atoms with van der Waals surface area (Å²) in [6.45, 7) is 2.96. The molecular formula is C33H31N3O8. The number of nitro benzene ring substituents is 1. The molecule has 11 nitrogen and oxygen atoms in total. The van der Waals surface area contributed by atoms with E-state index in [0.717, 1.165) is 5.56 Å². The number of carbonyl (C=O) groups excluding carboxylic acids is 3. The zero-order chi connectivity index (χ0) is 31.6. The second-order valence-corrected chi connectivity index (χ2v) is 9.81. The van der Waals surface area contributed by atoms with Crippen LogP contribution in [0, 0.1) is 10.1 Å². The van der Waals surface area contributed by atoms with Crippen LogP contribution in [0.25, 0.3) is 6.08 Å². The molecule has 0 unspecified atom stereocenters. The Bertz CT molecular complexity index is 1660. The summed E-state index contributed by atoms with van der Waals surface area (Å²) >= 11 is 0. The van der Waals surface area contributed by atoms with Crippen molar-refractivity contribution in [2.24, 2.45) is 0 Å². The third-order valence-electron chi connectivity index (χ3n) is 6.80. The van der Waals surface area contributed by atoms with Crippen LogP contribution >= 0.6 is 0 Å². The molecule has 0 radical (unpaired) electrons. The van der Waals surface area contributed by atoms with Gasteiger partial charge in [0.05, 0.1) is 34.1 Å². The highest BCUT2D eigenvalue weighted by molar-refractivity contribution is 6.00. The van der Waals surface area contributed by atoms with Crippen molar-refractivity contribution >= 4 is 29.6 Å². The summed E-state index contributed by atoms with van der Waals surface area (Å²) in [5.74, 6) is -3.27. The molecule has 0 fully saturated rings. The molecule has 1 atom stereocenters. The number of nitrogens with one attached hydrogen (secondary N) is 2. The van der Waals surface area contributed by atoms with Crippen LogP contribution in [0.15, 0.2) is 107 Å². The van der Waals surface area contributed by atoms with E-state index in [0.29, 0.717) is 17.0 Å². The number of nitro groups is 1. The third kappa shape index (κ3) is 7.57. The Labute approximate surface area is 253 Å². The molecule has 0 spiro atoms. The lowest BCUT2D eigenvalue weighted by Gasteiger charge is -2.30. The molecule has 1 aliphatic rings. The molecule has 3 aromatic carbocycles. The van der Waals surface area contributed by atoms with E-state index in [1.807, 2.05) is 30.3 Å². The first kappa shape index (κ1) is 31.2. The Kier molecular flexibility index (Phi) is 10.3. The topological polar surface area (TPSA) is 157 Å². The number of aromatic hydroxyl groups is 1. The van der Waals surface area contributed by atoms with Crippen LogP contribution in [-0.2, 0) is 19.1 Å². The van der Waals surface area contributed by atoms with Crippen LogP contribution in [0.2, 0.25) is 0 Å². The highest BCUT2D eigenvalue weighted by Gasteiger charge is 2.38. The summed E-state index contributed by atoms with van der Waals surface area (Å²) in [5, 5.41) is 27.1. The number of dihydropyridines is 1. The number of rotatable bonds is 11. The molecule has 3 N–H and O–H groups in total. The Balaban J connectivity index is 1.54. The Morgan fingerprint density at radius 3 is 2.27 bits per heavy atom. The standard InChI is InChI=1S/C33H31N3O8/c1-21-28(32(39)43-18-9-12-23-10-4-3-5-11-23)30(24-13-8-14-25(20-24)36(41)42)29(22(2)35-21)33(40)44-19-17-34-31(38)26-15-6-7-16-27(26)37/h3-16,20,30,35,37H,17-19H2,1-2H3,(H,34,38)/b12-9-/t30-/m1/s1. The molecule has 0 saturated carbocycles. The van der Waals surface area contributed by atoms with Gasteiger partial charge in [-0.2, -0.15) is 0 Å². The van der Waals surface area contributed by atoms with Gasteiger partial charge in [0.25, 0.3) is 11.6 Å². The number of phenolic OH excluding ortho intramolecular Hbond substituents is 1. The van der Waals surface area contributed by atoms with Crippen molar-refractivity contribution in [1.82, 2.24) is 10.6 Å². The highest BCUT2D eigenvalue weighted by Crippen LogP contribution is 2.40. The van der Waals surface area contributed by atoms with Crippen LogP contribution in [0.5, 0.6) is 5.75 Å². The lowest BCUT2D eigenvalue weighted by Crippen LogP contribution is -2.34. The van der Waals surface area contributed by atoms with Gasteiger partial charge in [0.15, 0.2) is 0 Å². The van der Waals surface area contributed by atoms with Crippen LogP contribution in [0.4, 0.5) is 5.69 Å². The maximum atomic E-state index is 13.5. The predicted molar refractivity (Wildman–Crippen MR) is 162 cm³/mol. The second-order valence-electron chi connectivity index (χ2n) is 9.81. The number of allylic oxidation sites excluding steroid dienone is 2. The quantitative estimate of drug-likeness (QED) is 0.123. The van der Waals surface area contributed by atoms with E-state index in [4.69, 9.17) is 9.47 Å². The van der Waals surface area contributed by atoms with Crippen LogP contribution in [0.1, 0.15) is 41.3 Å². The van der Waals surface area contributed by atoms with Crippen molar-refractivity contribution in [3.8, 4) is 5.75 Å². The average molecular weight is 598 g/mol. The van der Waals surface area contributed by atoms with E-state index < -0.39 is 28.7 Å². The summed E-state index contributed by atoms with van der Waals surface area (Å²) in [4.78, 5) is 50.3. The fourth-order valence-electron chi connectivity index (χ4n) is 4.78. The van der Waals surface area contributed by atoms with Crippen molar-refractivity contribution in [3.05, 3.63) is 134 Å². The predicted octanol–water partition coefficient (Wildman–Crippen LogP) is 4.77. The van der Waals surface area contributed by atoms with Crippen molar-refractivity contribution in [2.75, 3.05) is 19.8 Å². The monoisotopic (exact) mass is 597 g/mol. The molecule has 3 aromatic rings. The van der Waals surface area contributed by atoms with Gasteiger partial charge in [0, 0.05) is 23.5 Å². The summed E-state index contributed by atoms with van der Waals surface area (Å²) in [6, 6.07) is 21.2. The zero-order valence-electron chi connectivity index (χ0n) is 24.1. The van der Waals surface area contributed by atoms with Gasteiger partial charge in [-0.25, -0.2) is 9.59 Å². The number of benzene rings is 3. The summed E-state index contributed by atoms with van der Waals surface area (Å²) in [5.41, 5.74) is 2.08. The Morgan fingerprint density at radius 1 is 0.932 bits per heavy atom. The van der Waals surface area contributed by atoms with Crippen molar-refractivity contribution < 1.29 is 33.9 Å². The van der Waals surface area contributed by atoms with Crippen LogP contribution in [0.3, 0.4) is 0 Å². The maximum Gasteiger partial charge on any atom is 0.337 e. The van der Waals surface area contributed by atoms with Crippen LogP contribution < -0.4 is 10.6 Å². The number of hydrogen-bond acceptors (Lipinski definition) is 9. The Hall–Kier alpha value is -5.71. The van der Waals surface area contributed by atoms with E-state index in [2.05, 4.69) is 10.6 Å². The molecule has 1 aliphatic heterocycles. The summed E-state index contributed by atoms with van der Waals surface area (Å²) in [7, 11) is 0. The second kappa shape index (κ2) is 14.5. The van der Waals surface area contributed by atoms with Crippen LogP contribution in [-0.4, -0.2) is 47.6 Å². The first-order chi connectivity index (χ1) is 21.2. The van der Waals surface area contributed by atoms with Gasteiger partial charge in [-0.3, -0.25) is 14.9 Å². The zero-order valence-corrected chi connectivity index (χ0v) is 24.1. The molecule has 11 heteroatoms. The summed E-state index contributed by atoms with van der Waals surface area (Å²) < 4.78 is 11.0. The molecule has 0 saturated heterocycles. The van der Waals surface area contributed by atoms with Gasteiger partial charge < -0.3 is 25.2 Å². The number of non-ortho nitro benzene ring substituents is 1. The number of hydrogen-bond donors (Lipinski definition) is 3. The number of ether oxygens (including phenoxy) is 2. The fourth-order valence-corrected chi connectivity index (χ4v) is 4.78. The minimum absolute atomic E-state index is 0.0503. The van der Waals surface area contributed by atoms with E-state index in [9.17, 15) is 29.6 Å². The maximum absolute atomic E-state index is 13.5. The first-order valence-electron chi connectivity index (χ1n) is 13.7. The fraction of sp³-hybridized carbons (Fsp3) is 0.182. The molecule has 4 rings (SSSR count). The lowest BCUT2D eigenvalue weighted by atomic mass is 9.80. The first-order valence-corrected chi connectivity index (χ1v) is 13.7. The molecule has 0 bridgehead atoms. The van der Waals surface area contributed by atoms with Crippen molar-refractivity contribution in [3.63, 3.8) is 0 Å². The molecular weight excluding hydrogens is 566 g/mol. The number of nitrogens with zero attached hydrogens (tertiary/aromatic N) is 1. The van der Waals surface area contributed by atoms with Crippen molar-refractivity contribution in [1.29, 1.82) is 0 Å². The minimum atomic E-state index is -1.04. The average Bonchev–Trinajstić information content (AvgIpc) is 3.01. The highest BCUT2D eigenvalue weighted by atomic mass is 16.6. The van der Waals surface area contributed by atoms with Gasteiger partial charge in [0.2, 0.25) is 0 Å². The SMILES string of the molecule is CC1=C(C(=O)OC/C=C\c2ccccc2)[C@@H](c2cccc([N+](=O)[O-])c2)C(C(=O)OCCNC(=O)c2ccccc2O)=C(C)N1. The van der Waals surface area contributed by atoms with E-state index >= 15 is 0 Å². The van der Waals surface area contributed by atoms with E-state index in [-0.39, 0.29) is 47.9 Å². The number of phenols is 1. The minimum Gasteiger partial charge on any atom is -0.507 e. The number of para-hydroxylation sites is 1. The molecule has 1 amide bonds. The van der Waals surface area contributed by atoms with Gasteiger partial charge >= 0.3 is 11.9 Å². The molecule has 44 heavy (non-hydrogen) atoms. The number of esters is 2. The van der Waals surface area contributed by atoms with Crippen molar-refractivity contribution in [2.45, 2.75) is 19.8 Å². The smallest absolute Gasteiger partial charge is 0.337 e. The largest absolute Gasteiger partial charge is 0.507 e. The Morgan fingerprint density at radius 2 is 1.59 bits per heavy atom. The van der Waals surface area contributed by atoms with E-state index in [1.165, 1.54) is 30.3 Å². The number of amides is 1. The molecule has 0 aromatic heterocycles. The normalized spacial score (nSPS) is 14.6. The van der Waals surface area contributed by atoms with Gasteiger partial charge in [-0.15, -0.1) is 0 Å². The molecule has 1 heterocycles.